The molecule has 0 bridgehead atoms. The molecule has 0 aliphatic heterocycles. The minimum absolute atomic E-state index is 0.125. The average molecular weight is 421 g/mol. The molecule has 0 saturated heterocycles. The van der Waals surface area contributed by atoms with Crippen molar-refractivity contribution in [2.75, 3.05) is 6.61 Å². The molecule has 0 spiro atoms. The number of halogens is 2. The van der Waals surface area contributed by atoms with Gasteiger partial charge in [0.15, 0.2) is 5.82 Å². The Balaban J connectivity index is 1.54. The topological polar surface area (TPSA) is 9.23 Å². The van der Waals surface area contributed by atoms with Gasteiger partial charge >= 0.3 is 0 Å². The van der Waals surface area contributed by atoms with Crippen LogP contribution in [0.3, 0.4) is 0 Å². The Hall–Kier alpha value is -1.02. The molecule has 1 nitrogen and oxygen atoms in total. The number of benzene rings is 1. The van der Waals surface area contributed by atoms with Gasteiger partial charge in [-0.15, -0.1) is 0 Å². The van der Waals surface area contributed by atoms with E-state index in [0.717, 1.165) is 42.6 Å². The molecule has 0 heterocycles. The second kappa shape index (κ2) is 11.4. The molecule has 29 heavy (non-hydrogen) atoms. The van der Waals surface area contributed by atoms with Gasteiger partial charge < -0.3 is 4.74 Å². The van der Waals surface area contributed by atoms with Crippen molar-refractivity contribution in [3.63, 3.8) is 0 Å². The highest BCUT2D eigenvalue weighted by Crippen LogP contribution is 2.43. The second-order valence-corrected chi connectivity index (χ2v) is 9.51. The Morgan fingerprint density at radius 2 is 1.79 bits per heavy atom. The lowest BCUT2D eigenvalue weighted by Gasteiger charge is -2.35. The first-order valence-electron chi connectivity index (χ1n) is 11.9. The highest BCUT2D eigenvalue weighted by Gasteiger charge is 2.29. The summed E-state index contributed by atoms with van der Waals surface area (Å²) in [6.07, 6.45) is 17.6. The summed E-state index contributed by atoms with van der Waals surface area (Å²) >= 11 is 6.24. The highest BCUT2D eigenvalue weighted by molar-refractivity contribution is 6.32. The fourth-order valence-electron chi connectivity index (χ4n) is 5.26. The summed E-state index contributed by atoms with van der Waals surface area (Å²) in [5.41, 5.74) is 1.79. The third-order valence-corrected chi connectivity index (χ3v) is 7.43. The molecule has 0 amide bonds. The van der Waals surface area contributed by atoms with Gasteiger partial charge in [0.1, 0.15) is 10.8 Å². The summed E-state index contributed by atoms with van der Waals surface area (Å²) < 4.78 is 20.4. The van der Waals surface area contributed by atoms with Crippen LogP contribution in [0.5, 0.6) is 5.75 Å². The van der Waals surface area contributed by atoms with Crippen LogP contribution in [0.1, 0.15) is 96.5 Å². The van der Waals surface area contributed by atoms with Crippen LogP contribution in [0.15, 0.2) is 18.2 Å². The molecule has 2 aliphatic carbocycles. The zero-order valence-corrected chi connectivity index (χ0v) is 19.1. The smallest absolute Gasteiger partial charge is 0.153 e. The van der Waals surface area contributed by atoms with Crippen LogP contribution in [0, 0.1) is 23.6 Å². The van der Waals surface area contributed by atoms with Crippen LogP contribution in [-0.4, -0.2) is 6.61 Å². The van der Waals surface area contributed by atoms with E-state index in [9.17, 15) is 4.39 Å². The van der Waals surface area contributed by atoms with E-state index in [1.165, 1.54) is 57.8 Å². The molecular formula is C26H38ClFO. The standard InChI is InChI=1S/C26H38ClFO/c1-3-5-6-7-19-8-10-20(11-9-19)21-12-14-22(15-13-21)23-16-17-24(29-18-4-2)25(27)26(23)28/h14,16-17,19-21H,3-13,15,18H2,1-2H3. The molecule has 1 saturated carbocycles. The zero-order valence-electron chi connectivity index (χ0n) is 18.3. The molecule has 1 atom stereocenters. The zero-order chi connectivity index (χ0) is 20.6. The Kier molecular flexibility index (Phi) is 8.90. The van der Waals surface area contributed by atoms with Crippen LogP contribution in [0.25, 0.3) is 5.57 Å². The van der Waals surface area contributed by atoms with Crippen LogP contribution >= 0.6 is 11.6 Å². The summed E-state index contributed by atoms with van der Waals surface area (Å²) in [4.78, 5) is 0. The Bertz CT molecular complexity index is 676. The summed E-state index contributed by atoms with van der Waals surface area (Å²) in [6, 6.07) is 3.67. The number of rotatable bonds is 9. The minimum atomic E-state index is -0.322. The normalized spacial score (nSPS) is 25.0. The van der Waals surface area contributed by atoms with Gasteiger partial charge in [-0.05, 0) is 74.0 Å². The van der Waals surface area contributed by atoms with E-state index < -0.39 is 0 Å². The summed E-state index contributed by atoms with van der Waals surface area (Å²) in [6.45, 7) is 4.88. The molecular weight excluding hydrogens is 383 g/mol. The lowest BCUT2D eigenvalue weighted by molar-refractivity contribution is 0.187. The van der Waals surface area contributed by atoms with Gasteiger partial charge in [0.05, 0.1) is 6.61 Å². The van der Waals surface area contributed by atoms with Crippen LogP contribution < -0.4 is 4.74 Å². The number of ether oxygens (including phenoxy) is 1. The van der Waals surface area contributed by atoms with Crippen molar-refractivity contribution in [3.05, 3.63) is 34.6 Å². The summed E-state index contributed by atoms with van der Waals surface area (Å²) in [7, 11) is 0. The maximum Gasteiger partial charge on any atom is 0.153 e. The predicted octanol–water partition coefficient (Wildman–Crippen LogP) is 8.84. The fourth-order valence-corrected chi connectivity index (χ4v) is 5.48. The Morgan fingerprint density at radius 1 is 1.00 bits per heavy atom. The Labute approximate surface area is 182 Å². The van der Waals surface area contributed by atoms with Crippen molar-refractivity contribution in [1.82, 2.24) is 0 Å². The molecule has 2 aliphatic rings. The molecule has 1 fully saturated rings. The van der Waals surface area contributed by atoms with E-state index in [1.807, 2.05) is 19.1 Å². The molecule has 0 aromatic heterocycles. The number of allylic oxidation sites excluding steroid dienone is 2. The van der Waals surface area contributed by atoms with Crippen molar-refractivity contribution in [3.8, 4) is 5.75 Å². The predicted molar refractivity (Wildman–Crippen MR) is 122 cm³/mol. The molecule has 0 radical (unpaired) electrons. The number of unbranched alkanes of at least 4 members (excludes halogenated alkanes) is 2. The van der Waals surface area contributed by atoms with Crippen molar-refractivity contribution < 1.29 is 9.13 Å². The fraction of sp³-hybridized carbons (Fsp3) is 0.692. The van der Waals surface area contributed by atoms with Crippen molar-refractivity contribution >= 4 is 17.2 Å². The van der Waals surface area contributed by atoms with E-state index in [1.54, 1.807) is 0 Å². The Morgan fingerprint density at radius 3 is 2.45 bits per heavy atom. The number of hydrogen-bond donors (Lipinski definition) is 0. The molecule has 0 N–H and O–H groups in total. The first-order chi connectivity index (χ1) is 14.1. The third kappa shape index (κ3) is 6.00. The summed E-state index contributed by atoms with van der Waals surface area (Å²) in [5.74, 6) is 2.75. The quantitative estimate of drug-likeness (QED) is 0.362. The lowest BCUT2D eigenvalue weighted by atomic mass is 9.70. The molecule has 3 rings (SSSR count). The molecule has 1 aromatic carbocycles. The largest absolute Gasteiger partial charge is 0.492 e. The van der Waals surface area contributed by atoms with Gasteiger partial charge in [0.25, 0.3) is 0 Å². The van der Waals surface area contributed by atoms with Crippen LogP contribution in [-0.2, 0) is 0 Å². The molecule has 1 aromatic rings. The van der Waals surface area contributed by atoms with Crippen molar-refractivity contribution in [2.24, 2.45) is 17.8 Å². The van der Waals surface area contributed by atoms with Crippen molar-refractivity contribution in [1.29, 1.82) is 0 Å². The van der Waals surface area contributed by atoms with Gasteiger partial charge in [-0.3, -0.25) is 0 Å². The molecule has 3 heteroatoms. The number of hydrogen-bond acceptors (Lipinski definition) is 1. The van der Waals surface area contributed by atoms with Crippen LogP contribution in [0.4, 0.5) is 4.39 Å². The van der Waals surface area contributed by atoms with Crippen LogP contribution in [0.2, 0.25) is 5.02 Å². The highest BCUT2D eigenvalue weighted by atomic mass is 35.5. The monoisotopic (exact) mass is 420 g/mol. The molecule has 162 valence electrons. The lowest BCUT2D eigenvalue weighted by Crippen LogP contribution is -2.23. The van der Waals surface area contributed by atoms with E-state index in [-0.39, 0.29) is 10.8 Å². The third-order valence-electron chi connectivity index (χ3n) is 7.08. The van der Waals surface area contributed by atoms with Gasteiger partial charge in [-0.2, -0.15) is 0 Å². The first kappa shape index (κ1) is 22.7. The maximum atomic E-state index is 14.8. The van der Waals surface area contributed by atoms with E-state index in [0.29, 0.717) is 17.9 Å². The van der Waals surface area contributed by atoms with Crippen molar-refractivity contribution in [2.45, 2.75) is 90.9 Å². The van der Waals surface area contributed by atoms with Gasteiger partial charge in [0, 0.05) is 5.56 Å². The van der Waals surface area contributed by atoms with Gasteiger partial charge in [-0.25, -0.2) is 4.39 Å². The van der Waals surface area contributed by atoms with Gasteiger partial charge in [-0.1, -0.05) is 70.0 Å². The van der Waals surface area contributed by atoms with E-state index >= 15 is 0 Å². The molecule has 1 unspecified atom stereocenters. The minimum Gasteiger partial charge on any atom is -0.492 e. The van der Waals surface area contributed by atoms with E-state index in [2.05, 4.69) is 13.0 Å². The summed E-state index contributed by atoms with van der Waals surface area (Å²) in [5, 5.41) is 0.125. The first-order valence-corrected chi connectivity index (χ1v) is 12.3. The van der Waals surface area contributed by atoms with E-state index in [4.69, 9.17) is 16.3 Å². The SMILES string of the molecule is CCCCCC1CCC(C2CC=C(c3ccc(OCCC)c(Cl)c3F)CC2)CC1. The second-order valence-electron chi connectivity index (χ2n) is 9.13. The average Bonchev–Trinajstić information content (AvgIpc) is 2.76. The van der Waals surface area contributed by atoms with Gasteiger partial charge in [0.2, 0.25) is 0 Å². The maximum absolute atomic E-state index is 14.8.